The highest BCUT2D eigenvalue weighted by Gasteiger charge is 1.98. The lowest BCUT2D eigenvalue weighted by atomic mass is 10.2. The smallest absolute Gasteiger partial charge is 0.234 e. The van der Waals surface area contributed by atoms with Gasteiger partial charge in [-0.05, 0) is 12.6 Å². The summed E-state index contributed by atoms with van der Waals surface area (Å²) >= 11 is 0. The topological polar surface area (TPSA) is 41.1 Å². The van der Waals surface area contributed by atoms with Crippen molar-refractivity contribution in [2.75, 3.05) is 13.6 Å². The van der Waals surface area contributed by atoms with Crippen LogP contribution >= 0.6 is 0 Å². The molecule has 3 heteroatoms. The maximum Gasteiger partial charge on any atom is 0.234 e. The molecule has 0 atom stereocenters. The van der Waals surface area contributed by atoms with Gasteiger partial charge in [-0.25, -0.2) is 0 Å². The van der Waals surface area contributed by atoms with E-state index in [1.807, 2.05) is 30.3 Å². The van der Waals surface area contributed by atoms with E-state index in [1.54, 1.807) is 13.6 Å². The molecule has 1 amide bonds. The molecule has 1 radical (unpaired) electrons. The second kappa shape index (κ2) is 5.32. The van der Waals surface area contributed by atoms with E-state index in [2.05, 4.69) is 10.6 Å². The Hall–Kier alpha value is -1.35. The number of rotatable bonds is 4. The van der Waals surface area contributed by atoms with Crippen LogP contribution in [-0.2, 0) is 4.79 Å². The van der Waals surface area contributed by atoms with Crippen LogP contribution in [0.25, 0.3) is 0 Å². The van der Waals surface area contributed by atoms with Crippen LogP contribution in [0.5, 0.6) is 0 Å². The van der Waals surface area contributed by atoms with Crippen molar-refractivity contribution in [1.29, 1.82) is 0 Å². The molecule has 0 aliphatic rings. The van der Waals surface area contributed by atoms with Gasteiger partial charge in [0.2, 0.25) is 5.91 Å². The van der Waals surface area contributed by atoms with E-state index in [9.17, 15) is 4.79 Å². The number of hydrogen-bond acceptors (Lipinski definition) is 2. The van der Waals surface area contributed by atoms with Gasteiger partial charge in [-0.2, -0.15) is 0 Å². The molecule has 3 nitrogen and oxygen atoms in total. The van der Waals surface area contributed by atoms with E-state index >= 15 is 0 Å². The molecular weight excluding hydrogens is 164 g/mol. The van der Waals surface area contributed by atoms with Crippen LogP contribution < -0.4 is 10.6 Å². The summed E-state index contributed by atoms with van der Waals surface area (Å²) in [6.07, 6.45) is 0. The molecule has 1 aromatic rings. The Morgan fingerprint density at radius 3 is 2.69 bits per heavy atom. The molecule has 0 fully saturated rings. The zero-order valence-electron chi connectivity index (χ0n) is 7.58. The lowest BCUT2D eigenvalue weighted by Gasteiger charge is -2.03. The largest absolute Gasteiger partial charge is 0.346 e. The van der Waals surface area contributed by atoms with Gasteiger partial charge in [0.15, 0.2) is 0 Å². The summed E-state index contributed by atoms with van der Waals surface area (Å²) in [5.41, 5.74) is 0.993. The Morgan fingerprint density at radius 1 is 1.38 bits per heavy atom. The van der Waals surface area contributed by atoms with Gasteiger partial charge in [0.05, 0.1) is 13.1 Å². The van der Waals surface area contributed by atoms with Crippen LogP contribution in [0.15, 0.2) is 30.3 Å². The zero-order valence-corrected chi connectivity index (χ0v) is 7.58. The summed E-state index contributed by atoms with van der Waals surface area (Å²) in [6.45, 7) is 2.03. The molecule has 0 bridgehead atoms. The Kier molecular flexibility index (Phi) is 3.99. The molecule has 0 unspecified atom stereocenters. The molecular formula is C10H13N2O. The van der Waals surface area contributed by atoms with Crippen LogP contribution in [-0.4, -0.2) is 19.5 Å². The summed E-state index contributed by atoms with van der Waals surface area (Å²) in [5.74, 6) is -0.0358. The summed E-state index contributed by atoms with van der Waals surface area (Å²) < 4.78 is 0. The maximum absolute atomic E-state index is 11.0. The van der Waals surface area contributed by atoms with Gasteiger partial charge < -0.3 is 10.6 Å². The molecule has 0 aliphatic carbocycles. The molecule has 69 valence electrons. The van der Waals surface area contributed by atoms with Gasteiger partial charge in [-0.15, -0.1) is 0 Å². The van der Waals surface area contributed by atoms with Crippen molar-refractivity contribution in [3.63, 3.8) is 0 Å². The van der Waals surface area contributed by atoms with Crippen LogP contribution in [0.1, 0.15) is 5.56 Å². The summed E-state index contributed by atoms with van der Waals surface area (Å²) in [4.78, 5) is 11.0. The highest BCUT2D eigenvalue weighted by atomic mass is 16.1. The fourth-order valence-electron chi connectivity index (χ4n) is 0.925. The Labute approximate surface area is 78.2 Å². The molecule has 1 rings (SSSR count). The fraction of sp³-hybridized carbons (Fsp3) is 0.200. The van der Waals surface area contributed by atoms with E-state index in [4.69, 9.17) is 0 Å². The van der Waals surface area contributed by atoms with Gasteiger partial charge in [0, 0.05) is 0 Å². The average molecular weight is 177 g/mol. The number of amides is 1. The molecule has 0 spiro atoms. The Bertz CT molecular complexity index is 259. The average Bonchev–Trinajstić information content (AvgIpc) is 2.17. The normalized spacial score (nSPS) is 9.62. The van der Waals surface area contributed by atoms with Gasteiger partial charge in [0.25, 0.3) is 0 Å². The van der Waals surface area contributed by atoms with Crippen LogP contribution in [0, 0.1) is 6.54 Å². The molecule has 13 heavy (non-hydrogen) atoms. The molecule has 2 N–H and O–H groups in total. The minimum atomic E-state index is -0.0358. The van der Waals surface area contributed by atoms with Crippen LogP contribution in [0.4, 0.5) is 0 Å². The fourth-order valence-corrected chi connectivity index (χ4v) is 0.925. The van der Waals surface area contributed by atoms with Gasteiger partial charge in [-0.1, -0.05) is 30.3 Å². The summed E-state index contributed by atoms with van der Waals surface area (Å²) in [6, 6.07) is 9.65. The Morgan fingerprint density at radius 2 is 2.08 bits per heavy atom. The van der Waals surface area contributed by atoms with Crippen molar-refractivity contribution in [2.45, 2.75) is 0 Å². The van der Waals surface area contributed by atoms with Crippen molar-refractivity contribution in [3.05, 3.63) is 42.4 Å². The highest BCUT2D eigenvalue weighted by Crippen LogP contribution is 1.98. The van der Waals surface area contributed by atoms with E-state index in [1.165, 1.54) is 0 Å². The lowest BCUT2D eigenvalue weighted by Crippen LogP contribution is -2.30. The first-order valence-corrected chi connectivity index (χ1v) is 4.15. The van der Waals surface area contributed by atoms with E-state index in [0.29, 0.717) is 6.54 Å². The van der Waals surface area contributed by atoms with E-state index < -0.39 is 0 Å². The van der Waals surface area contributed by atoms with Crippen LogP contribution in [0.2, 0.25) is 0 Å². The predicted octanol–water partition coefficient (Wildman–Crippen LogP) is 0.532. The predicted molar refractivity (Wildman–Crippen MR) is 51.9 cm³/mol. The van der Waals surface area contributed by atoms with Gasteiger partial charge in [-0.3, -0.25) is 4.79 Å². The molecule has 0 saturated heterocycles. The van der Waals surface area contributed by atoms with E-state index in [0.717, 1.165) is 5.56 Å². The zero-order chi connectivity index (χ0) is 9.52. The summed E-state index contributed by atoms with van der Waals surface area (Å²) in [5, 5.41) is 5.45. The first-order valence-electron chi connectivity index (χ1n) is 4.15. The lowest BCUT2D eigenvalue weighted by molar-refractivity contribution is -0.119. The van der Waals surface area contributed by atoms with Crippen molar-refractivity contribution in [2.24, 2.45) is 0 Å². The van der Waals surface area contributed by atoms with Crippen molar-refractivity contribution in [1.82, 2.24) is 10.6 Å². The standard InChI is InChI=1S/C10H13N2O/c1-11-8-10(13)12-7-9-5-3-2-4-6-9/h2-7,11H,8H2,1H3,(H,12,13). The van der Waals surface area contributed by atoms with Crippen molar-refractivity contribution in [3.8, 4) is 0 Å². The minimum Gasteiger partial charge on any atom is -0.346 e. The van der Waals surface area contributed by atoms with Crippen molar-refractivity contribution >= 4 is 5.91 Å². The van der Waals surface area contributed by atoms with Gasteiger partial charge >= 0.3 is 0 Å². The number of carbonyl (C=O) groups excluding carboxylic acids is 1. The third-order valence-corrected chi connectivity index (χ3v) is 1.54. The molecule has 0 saturated carbocycles. The number of benzene rings is 1. The van der Waals surface area contributed by atoms with Crippen LogP contribution in [0.3, 0.4) is 0 Å². The molecule has 0 aromatic heterocycles. The number of carbonyl (C=O) groups is 1. The SMILES string of the molecule is CNCC(=O)N[CH]c1ccccc1. The molecule has 0 heterocycles. The molecule has 0 aliphatic heterocycles. The number of hydrogen-bond donors (Lipinski definition) is 2. The second-order valence-electron chi connectivity index (χ2n) is 2.65. The number of nitrogens with one attached hydrogen (secondary N) is 2. The monoisotopic (exact) mass is 177 g/mol. The summed E-state index contributed by atoms with van der Waals surface area (Å²) in [7, 11) is 1.74. The van der Waals surface area contributed by atoms with Crippen molar-refractivity contribution < 1.29 is 4.79 Å². The minimum absolute atomic E-state index is 0.0358. The highest BCUT2D eigenvalue weighted by molar-refractivity contribution is 5.79. The Balaban J connectivity index is 2.31. The number of likely N-dealkylation sites (N-methyl/N-ethyl adjacent to an activating group) is 1. The third-order valence-electron chi connectivity index (χ3n) is 1.54. The quantitative estimate of drug-likeness (QED) is 0.704. The van der Waals surface area contributed by atoms with Gasteiger partial charge in [0.1, 0.15) is 0 Å². The second-order valence-corrected chi connectivity index (χ2v) is 2.65. The van der Waals surface area contributed by atoms with E-state index in [-0.39, 0.29) is 5.91 Å². The first kappa shape index (κ1) is 9.74. The third kappa shape index (κ3) is 3.71. The molecule has 1 aromatic carbocycles. The maximum atomic E-state index is 11.0. The first-order chi connectivity index (χ1) is 6.33.